The molecule has 1 aliphatic carbocycles. The first-order valence-corrected chi connectivity index (χ1v) is 9.17. The number of carbonyl (C=O) groups excluding carboxylic acids is 1. The van der Waals surface area contributed by atoms with E-state index in [-0.39, 0.29) is 17.6 Å². The molecule has 3 rings (SSSR count). The lowest BCUT2D eigenvalue weighted by Crippen LogP contribution is -2.26. The molecule has 0 heterocycles. The fourth-order valence-corrected chi connectivity index (χ4v) is 3.94. The van der Waals surface area contributed by atoms with Gasteiger partial charge in [0.25, 0.3) is 0 Å². The summed E-state index contributed by atoms with van der Waals surface area (Å²) in [5.41, 5.74) is 9.74. The summed E-state index contributed by atoms with van der Waals surface area (Å²) in [5.74, 6) is 1.52. The zero-order chi connectivity index (χ0) is 18.7. The van der Waals surface area contributed by atoms with Crippen molar-refractivity contribution in [2.45, 2.75) is 38.5 Å². The Morgan fingerprint density at radius 3 is 2.50 bits per heavy atom. The van der Waals surface area contributed by atoms with Gasteiger partial charge in [0.2, 0.25) is 0 Å². The van der Waals surface area contributed by atoms with E-state index >= 15 is 0 Å². The SMILES string of the molecule is COc1ccc(OC)c(C(=O)C2CCCCC2c2ccc(C)c(N)c2)c1. The summed E-state index contributed by atoms with van der Waals surface area (Å²) >= 11 is 0. The van der Waals surface area contributed by atoms with E-state index < -0.39 is 0 Å². The molecule has 1 saturated carbocycles. The quantitative estimate of drug-likeness (QED) is 0.622. The molecule has 0 radical (unpaired) electrons. The summed E-state index contributed by atoms with van der Waals surface area (Å²) in [7, 11) is 3.20. The Hall–Kier alpha value is -2.49. The van der Waals surface area contributed by atoms with E-state index in [1.54, 1.807) is 26.4 Å². The molecule has 0 aliphatic heterocycles. The number of aryl methyl sites for hydroxylation is 1. The first kappa shape index (κ1) is 18.3. The van der Waals surface area contributed by atoms with E-state index in [0.29, 0.717) is 17.1 Å². The number of rotatable bonds is 5. The largest absolute Gasteiger partial charge is 0.497 e. The molecule has 2 N–H and O–H groups in total. The number of anilines is 1. The summed E-state index contributed by atoms with van der Waals surface area (Å²) in [4.78, 5) is 13.4. The molecule has 2 aromatic rings. The lowest BCUT2D eigenvalue weighted by Gasteiger charge is -2.31. The molecule has 0 saturated heterocycles. The molecule has 26 heavy (non-hydrogen) atoms. The Bertz CT molecular complexity index is 800. The normalized spacial score (nSPS) is 19.8. The fourth-order valence-electron chi connectivity index (χ4n) is 3.94. The van der Waals surface area contributed by atoms with Crippen LogP contribution >= 0.6 is 0 Å². The third-order valence-corrected chi connectivity index (χ3v) is 5.51. The molecular formula is C22H27NO3. The van der Waals surface area contributed by atoms with E-state index in [2.05, 4.69) is 6.07 Å². The summed E-state index contributed by atoms with van der Waals surface area (Å²) < 4.78 is 10.7. The fraction of sp³-hybridized carbons (Fsp3) is 0.409. The minimum atomic E-state index is -0.0631. The van der Waals surface area contributed by atoms with Crippen molar-refractivity contribution >= 4 is 11.5 Å². The van der Waals surface area contributed by atoms with Gasteiger partial charge in [0, 0.05) is 11.6 Å². The summed E-state index contributed by atoms with van der Waals surface area (Å²) in [6, 6.07) is 11.6. The molecule has 2 unspecified atom stereocenters. The molecule has 0 spiro atoms. The van der Waals surface area contributed by atoms with Gasteiger partial charge in [0.1, 0.15) is 11.5 Å². The number of ether oxygens (including phenoxy) is 2. The van der Waals surface area contributed by atoms with Gasteiger partial charge in [-0.3, -0.25) is 4.79 Å². The maximum Gasteiger partial charge on any atom is 0.170 e. The van der Waals surface area contributed by atoms with Gasteiger partial charge in [-0.15, -0.1) is 0 Å². The van der Waals surface area contributed by atoms with Crippen molar-refractivity contribution in [2.24, 2.45) is 5.92 Å². The summed E-state index contributed by atoms with van der Waals surface area (Å²) in [6.07, 6.45) is 4.10. The van der Waals surface area contributed by atoms with Crippen molar-refractivity contribution in [3.8, 4) is 11.5 Å². The van der Waals surface area contributed by atoms with Crippen LogP contribution in [0.1, 0.15) is 53.1 Å². The average Bonchev–Trinajstić information content (AvgIpc) is 2.69. The maximum absolute atomic E-state index is 13.4. The van der Waals surface area contributed by atoms with Gasteiger partial charge in [-0.25, -0.2) is 0 Å². The molecule has 0 amide bonds. The number of methoxy groups -OCH3 is 2. The van der Waals surface area contributed by atoms with E-state index in [9.17, 15) is 4.79 Å². The van der Waals surface area contributed by atoms with Crippen molar-refractivity contribution < 1.29 is 14.3 Å². The van der Waals surface area contributed by atoms with Crippen LogP contribution in [0.4, 0.5) is 5.69 Å². The van der Waals surface area contributed by atoms with Crippen molar-refractivity contribution in [3.63, 3.8) is 0 Å². The second-order valence-corrected chi connectivity index (χ2v) is 7.04. The third-order valence-electron chi connectivity index (χ3n) is 5.51. The second kappa shape index (κ2) is 7.81. The molecule has 138 valence electrons. The number of Topliss-reactive ketones (excluding diaryl/α,β-unsaturated/α-hetero) is 1. The zero-order valence-electron chi connectivity index (χ0n) is 15.7. The topological polar surface area (TPSA) is 61.5 Å². The highest BCUT2D eigenvalue weighted by molar-refractivity contribution is 6.01. The van der Waals surface area contributed by atoms with Gasteiger partial charge in [-0.05, 0) is 61.1 Å². The van der Waals surface area contributed by atoms with Crippen LogP contribution in [0, 0.1) is 12.8 Å². The van der Waals surface area contributed by atoms with E-state index in [1.807, 2.05) is 25.1 Å². The summed E-state index contributed by atoms with van der Waals surface area (Å²) in [6.45, 7) is 2.00. The Kier molecular flexibility index (Phi) is 5.50. The molecule has 1 aliphatic rings. The standard InChI is InChI=1S/C22H27NO3/c1-14-8-9-15(12-20(14)23)17-6-4-5-7-18(17)22(24)19-13-16(25-2)10-11-21(19)26-3/h8-13,17-18H,4-7,23H2,1-3H3. The van der Waals surface area contributed by atoms with Gasteiger partial charge in [-0.1, -0.05) is 25.0 Å². The first-order valence-electron chi connectivity index (χ1n) is 9.17. The molecule has 2 atom stereocenters. The van der Waals surface area contributed by atoms with Crippen LogP contribution in [0.15, 0.2) is 36.4 Å². The highest BCUT2D eigenvalue weighted by Gasteiger charge is 2.34. The number of ketones is 1. The molecule has 4 nitrogen and oxygen atoms in total. The van der Waals surface area contributed by atoms with E-state index in [1.165, 1.54) is 0 Å². The van der Waals surface area contributed by atoms with Gasteiger partial charge in [0.05, 0.1) is 19.8 Å². The van der Waals surface area contributed by atoms with E-state index in [4.69, 9.17) is 15.2 Å². The van der Waals surface area contributed by atoms with E-state index in [0.717, 1.165) is 42.5 Å². The molecule has 1 fully saturated rings. The van der Waals surface area contributed by atoms with Crippen LogP contribution in [0.25, 0.3) is 0 Å². The van der Waals surface area contributed by atoms with Crippen LogP contribution in [-0.2, 0) is 0 Å². The number of hydrogen-bond donors (Lipinski definition) is 1. The van der Waals surface area contributed by atoms with Crippen LogP contribution in [0.5, 0.6) is 11.5 Å². The second-order valence-electron chi connectivity index (χ2n) is 7.04. The number of nitrogen functional groups attached to an aromatic ring is 1. The van der Waals surface area contributed by atoms with Gasteiger partial charge in [0.15, 0.2) is 5.78 Å². The van der Waals surface area contributed by atoms with Gasteiger partial charge >= 0.3 is 0 Å². The third kappa shape index (κ3) is 3.55. The molecule has 0 aromatic heterocycles. The van der Waals surface area contributed by atoms with Crippen molar-refractivity contribution in [3.05, 3.63) is 53.1 Å². The van der Waals surface area contributed by atoms with Crippen molar-refractivity contribution in [2.75, 3.05) is 20.0 Å². The van der Waals surface area contributed by atoms with Gasteiger partial charge < -0.3 is 15.2 Å². The van der Waals surface area contributed by atoms with Crippen molar-refractivity contribution in [1.29, 1.82) is 0 Å². The molecule has 0 bridgehead atoms. The predicted octanol–water partition coefficient (Wildman–Crippen LogP) is 4.75. The lowest BCUT2D eigenvalue weighted by molar-refractivity contribution is 0.0864. The Morgan fingerprint density at radius 2 is 1.81 bits per heavy atom. The number of hydrogen-bond acceptors (Lipinski definition) is 4. The number of nitrogens with two attached hydrogens (primary N) is 1. The molecule has 2 aromatic carbocycles. The number of carbonyl (C=O) groups is 1. The van der Waals surface area contributed by atoms with Crippen LogP contribution < -0.4 is 15.2 Å². The maximum atomic E-state index is 13.4. The van der Waals surface area contributed by atoms with Crippen LogP contribution in [0.2, 0.25) is 0 Å². The van der Waals surface area contributed by atoms with Gasteiger partial charge in [-0.2, -0.15) is 0 Å². The Labute approximate surface area is 155 Å². The monoisotopic (exact) mass is 353 g/mol. The summed E-state index contributed by atoms with van der Waals surface area (Å²) in [5, 5.41) is 0. The van der Waals surface area contributed by atoms with Crippen LogP contribution in [-0.4, -0.2) is 20.0 Å². The Morgan fingerprint density at radius 1 is 1.04 bits per heavy atom. The highest BCUT2D eigenvalue weighted by Crippen LogP contribution is 2.41. The molecular weight excluding hydrogens is 326 g/mol. The number of benzene rings is 2. The first-order chi connectivity index (χ1) is 12.5. The zero-order valence-corrected chi connectivity index (χ0v) is 15.7. The molecule has 4 heteroatoms. The lowest BCUT2D eigenvalue weighted by atomic mass is 9.72. The van der Waals surface area contributed by atoms with Crippen LogP contribution in [0.3, 0.4) is 0 Å². The average molecular weight is 353 g/mol. The van der Waals surface area contributed by atoms with Crippen molar-refractivity contribution in [1.82, 2.24) is 0 Å². The minimum absolute atomic E-state index is 0.0631. The smallest absolute Gasteiger partial charge is 0.170 e. The highest BCUT2D eigenvalue weighted by atomic mass is 16.5. The minimum Gasteiger partial charge on any atom is -0.497 e. The Balaban J connectivity index is 1.97. The predicted molar refractivity (Wildman–Crippen MR) is 104 cm³/mol.